The van der Waals surface area contributed by atoms with E-state index in [1.165, 1.54) is 4.31 Å². The monoisotopic (exact) mass is 415 g/mol. The summed E-state index contributed by atoms with van der Waals surface area (Å²) in [5, 5.41) is 4.56. The van der Waals surface area contributed by atoms with E-state index in [1.54, 1.807) is 17.0 Å². The minimum atomic E-state index is -3.61. The molecule has 0 aromatic heterocycles. The van der Waals surface area contributed by atoms with Crippen LogP contribution in [0.1, 0.15) is 13.3 Å². The van der Waals surface area contributed by atoms with E-state index in [4.69, 9.17) is 0 Å². The van der Waals surface area contributed by atoms with Gasteiger partial charge in [0.25, 0.3) is 0 Å². The fourth-order valence-corrected chi connectivity index (χ4v) is 5.21. The van der Waals surface area contributed by atoms with Gasteiger partial charge in [0.2, 0.25) is 21.8 Å². The van der Waals surface area contributed by atoms with Crippen molar-refractivity contribution in [2.45, 2.75) is 18.2 Å². The lowest BCUT2D eigenvalue weighted by molar-refractivity contribution is -0.134. The van der Waals surface area contributed by atoms with E-state index in [-0.39, 0.29) is 42.3 Å². The van der Waals surface area contributed by atoms with Gasteiger partial charge in [-0.1, -0.05) is 37.3 Å². The molecule has 1 aliphatic carbocycles. The van der Waals surface area contributed by atoms with Crippen LogP contribution in [-0.2, 0) is 19.6 Å². The van der Waals surface area contributed by atoms with Crippen molar-refractivity contribution in [1.29, 1.82) is 0 Å². The Kier molecular flexibility index (Phi) is 5.31. The first kappa shape index (κ1) is 19.8. The maximum atomic E-state index is 13.0. The molecule has 1 saturated carbocycles. The Morgan fingerprint density at radius 2 is 1.69 bits per heavy atom. The van der Waals surface area contributed by atoms with E-state index in [0.717, 1.165) is 17.2 Å². The molecule has 2 aromatic carbocycles. The summed E-state index contributed by atoms with van der Waals surface area (Å²) in [5.74, 6) is 0.193. The number of hydrogen-bond acceptors (Lipinski definition) is 4. The fraction of sp³-hybridized carbons (Fsp3) is 0.429. The number of rotatable bonds is 5. The highest BCUT2D eigenvalue weighted by molar-refractivity contribution is 7.89. The largest absolute Gasteiger partial charge is 0.347 e. The second kappa shape index (κ2) is 7.76. The second-order valence-corrected chi connectivity index (χ2v) is 9.77. The van der Waals surface area contributed by atoms with Crippen molar-refractivity contribution in [3.63, 3.8) is 0 Å². The van der Waals surface area contributed by atoms with Crippen molar-refractivity contribution in [2.24, 2.45) is 11.8 Å². The Morgan fingerprint density at radius 3 is 2.34 bits per heavy atom. The second-order valence-electron chi connectivity index (χ2n) is 7.83. The fourth-order valence-electron chi connectivity index (χ4n) is 3.75. The molecule has 0 bridgehead atoms. The van der Waals surface area contributed by atoms with Crippen LogP contribution in [0.25, 0.3) is 10.8 Å². The molecular formula is C21H25N3O4S. The molecule has 1 heterocycles. The lowest BCUT2D eigenvalue weighted by Crippen LogP contribution is -2.52. The Bertz CT molecular complexity index is 1040. The third-order valence-electron chi connectivity index (χ3n) is 5.81. The number of benzene rings is 2. The van der Waals surface area contributed by atoms with Crippen molar-refractivity contribution >= 4 is 32.6 Å². The third-order valence-corrected chi connectivity index (χ3v) is 7.70. The summed E-state index contributed by atoms with van der Waals surface area (Å²) in [5.41, 5.74) is 0. The number of amides is 2. The number of carbonyl (C=O) groups excluding carboxylic acids is 2. The molecule has 0 spiro atoms. The normalized spacial score (nSPS) is 22.4. The molecule has 8 heteroatoms. The Balaban J connectivity index is 1.35. The third kappa shape index (κ3) is 4.13. The molecular weight excluding hydrogens is 390 g/mol. The molecule has 1 aliphatic heterocycles. The highest BCUT2D eigenvalue weighted by Crippen LogP contribution is 2.37. The number of nitrogens with one attached hydrogen (secondary N) is 1. The molecule has 7 nitrogen and oxygen atoms in total. The molecule has 1 N–H and O–H groups in total. The highest BCUT2D eigenvalue weighted by atomic mass is 32.2. The van der Waals surface area contributed by atoms with Crippen molar-refractivity contribution in [3.8, 4) is 0 Å². The molecule has 4 rings (SSSR count). The van der Waals surface area contributed by atoms with Crippen LogP contribution >= 0.6 is 0 Å². The molecule has 0 unspecified atom stereocenters. The van der Waals surface area contributed by atoms with Gasteiger partial charge in [0.1, 0.15) is 0 Å². The summed E-state index contributed by atoms with van der Waals surface area (Å²) in [4.78, 5) is 26.1. The van der Waals surface area contributed by atoms with Gasteiger partial charge < -0.3 is 10.2 Å². The molecule has 2 aromatic rings. The maximum absolute atomic E-state index is 13.0. The number of nitrogens with zero attached hydrogens (tertiary/aromatic N) is 2. The van der Waals surface area contributed by atoms with Crippen molar-refractivity contribution in [1.82, 2.24) is 14.5 Å². The van der Waals surface area contributed by atoms with Gasteiger partial charge in [0.15, 0.2) is 0 Å². The van der Waals surface area contributed by atoms with Crippen LogP contribution < -0.4 is 5.32 Å². The molecule has 0 radical (unpaired) electrons. The predicted molar refractivity (Wildman–Crippen MR) is 110 cm³/mol. The summed E-state index contributed by atoms with van der Waals surface area (Å²) in [7, 11) is -3.61. The lowest BCUT2D eigenvalue weighted by atomic mass is 10.1. The van der Waals surface area contributed by atoms with Crippen LogP contribution in [0, 0.1) is 11.8 Å². The molecule has 2 atom stereocenters. The zero-order chi connectivity index (χ0) is 20.6. The molecule has 1 saturated heterocycles. The van der Waals surface area contributed by atoms with Crippen molar-refractivity contribution in [3.05, 3.63) is 42.5 Å². The number of fused-ring (bicyclic) bond motifs is 1. The van der Waals surface area contributed by atoms with E-state index in [1.807, 2.05) is 37.3 Å². The molecule has 154 valence electrons. The first-order valence-corrected chi connectivity index (χ1v) is 11.3. The Labute approximate surface area is 170 Å². The van der Waals surface area contributed by atoms with Gasteiger partial charge in [-0.15, -0.1) is 0 Å². The van der Waals surface area contributed by atoms with Gasteiger partial charge in [0.05, 0.1) is 11.4 Å². The van der Waals surface area contributed by atoms with Crippen LogP contribution in [0.15, 0.2) is 47.4 Å². The Hall–Kier alpha value is -2.45. The van der Waals surface area contributed by atoms with Gasteiger partial charge in [-0.25, -0.2) is 8.42 Å². The minimum absolute atomic E-state index is 0.0283. The number of sulfonamides is 1. The van der Waals surface area contributed by atoms with Crippen LogP contribution in [0.5, 0.6) is 0 Å². The standard InChI is InChI=1S/C21H25N3O4S/c1-15-12-19(15)21(26)22-14-20(25)23-8-10-24(11-9-23)29(27,28)18-7-6-16-4-2-3-5-17(16)13-18/h2-7,13,15,19H,8-12,14H2,1H3,(H,22,26)/t15-,19-/m0/s1. The minimum Gasteiger partial charge on any atom is -0.347 e. The lowest BCUT2D eigenvalue weighted by Gasteiger charge is -2.34. The average molecular weight is 416 g/mol. The van der Waals surface area contributed by atoms with Gasteiger partial charge >= 0.3 is 0 Å². The zero-order valence-electron chi connectivity index (χ0n) is 16.4. The smallest absolute Gasteiger partial charge is 0.243 e. The van der Waals surface area contributed by atoms with Gasteiger partial charge in [-0.05, 0) is 35.2 Å². The van der Waals surface area contributed by atoms with E-state index >= 15 is 0 Å². The zero-order valence-corrected chi connectivity index (χ0v) is 17.2. The van der Waals surface area contributed by atoms with E-state index in [0.29, 0.717) is 19.0 Å². The summed E-state index contributed by atoms with van der Waals surface area (Å²) >= 11 is 0. The molecule has 2 fully saturated rings. The quantitative estimate of drug-likeness (QED) is 0.801. The van der Waals surface area contributed by atoms with Crippen LogP contribution in [0.3, 0.4) is 0 Å². The first-order valence-electron chi connectivity index (χ1n) is 9.91. The molecule has 29 heavy (non-hydrogen) atoms. The summed E-state index contributed by atoms with van der Waals surface area (Å²) < 4.78 is 27.4. The summed E-state index contributed by atoms with van der Waals surface area (Å²) in [6, 6.07) is 12.8. The van der Waals surface area contributed by atoms with E-state index < -0.39 is 10.0 Å². The van der Waals surface area contributed by atoms with Gasteiger partial charge in [-0.2, -0.15) is 4.31 Å². The van der Waals surface area contributed by atoms with Gasteiger partial charge in [-0.3, -0.25) is 9.59 Å². The van der Waals surface area contributed by atoms with Gasteiger partial charge in [0, 0.05) is 32.1 Å². The number of piperazine rings is 1. The van der Waals surface area contributed by atoms with E-state index in [9.17, 15) is 18.0 Å². The summed E-state index contributed by atoms with van der Waals surface area (Å²) in [6.07, 6.45) is 0.880. The number of hydrogen-bond donors (Lipinski definition) is 1. The van der Waals surface area contributed by atoms with Crippen LogP contribution in [0.2, 0.25) is 0 Å². The van der Waals surface area contributed by atoms with Crippen molar-refractivity contribution < 1.29 is 18.0 Å². The Morgan fingerprint density at radius 1 is 1.03 bits per heavy atom. The average Bonchev–Trinajstić information content (AvgIpc) is 3.48. The van der Waals surface area contributed by atoms with Crippen LogP contribution in [-0.4, -0.2) is 62.2 Å². The number of carbonyl (C=O) groups is 2. The highest BCUT2D eigenvalue weighted by Gasteiger charge is 2.39. The predicted octanol–water partition coefficient (Wildman–Crippen LogP) is 1.44. The van der Waals surface area contributed by atoms with Crippen molar-refractivity contribution in [2.75, 3.05) is 32.7 Å². The topological polar surface area (TPSA) is 86.8 Å². The van der Waals surface area contributed by atoms with E-state index in [2.05, 4.69) is 5.32 Å². The maximum Gasteiger partial charge on any atom is 0.243 e. The first-order chi connectivity index (χ1) is 13.9. The summed E-state index contributed by atoms with van der Waals surface area (Å²) in [6.45, 7) is 3.12. The molecule has 2 amide bonds. The SMILES string of the molecule is C[C@H]1C[C@@H]1C(=O)NCC(=O)N1CCN(S(=O)(=O)c2ccc3ccccc3c2)CC1. The molecule has 2 aliphatic rings. The van der Waals surface area contributed by atoms with Crippen LogP contribution in [0.4, 0.5) is 0 Å².